The van der Waals surface area contributed by atoms with E-state index in [1.165, 1.54) is 19.2 Å². The second-order valence-corrected chi connectivity index (χ2v) is 8.46. The molecule has 0 N–H and O–H groups in total. The van der Waals surface area contributed by atoms with Crippen molar-refractivity contribution in [2.24, 2.45) is 5.92 Å². The Kier molecular flexibility index (Phi) is 4.94. The quantitative estimate of drug-likeness (QED) is 0.245. The lowest BCUT2D eigenvalue weighted by atomic mass is 9.73. The van der Waals surface area contributed by atoms with Crippen molar-refractivity contribution < 1.29 is 28.5 Å². The number of ether oxygens (including phenoxy) is 1. The number of carbonyl (C=O) groups excluding carboxylic acids is 3. The van der Waals surface area contributed by atoms with Gasteiger partial charge < -0.3 is 9.15 Å². The number of nitro groups is 1. The molecule has 0 unspecified atom stereocenters. The smallest absolute Gasteiger partial charge is 0.433 e. The Morgan fingerprint density at radius 1 is 1.06 bits per heavy atom. The summed E-state index contributed by atoms with van der Waals surface area (Å²) in [6.07, 6.45) is 0. The van der Waals surface area contributed by atoms with Crippen molar-refractivity contribution in [3.63, 3.8) is 0 Å². The number of Topliss-reactive ketones (excluding diaryl/α,β-unsaturated/α-hetero) is 3. The zero-order chi connectivity index (χ0) is 24.2. The van der Waals surface area contributed by atoms with E-state index in [1.54, 1.807) is 60.5 Å². The molecular weight excluding hydrogens is 440 g/mol. The van der Waals surface area contributed by atoms with Gasteiger partial charge in [0, 0.05) is 29.2 Å². The summed E-state index contributed by atoms with van der Waals surface area (Å²) in [5.41, 5.74) is -0.828. The monoisotopic (exact) mass is 460 g/mol. The topological polar surface area (TPSA) is 120 Å². The number of hydrogen-bond donors (Lipinski definition) is 0. The Labute approximate surface area is 194 Å². The van der Waals surface area contributed by atoms with Crippen LogP contribution in [-0.4, -0.2) is 53.4 Å². The van der Waals surface area contributed by atoms with E-state index < -0.39 is 39.7 Å². The van der Waals surface area contributed by atoms with Crippen LogP contribution >= 0.6 is 0 Å². The molecule has 9 nitrogen and oxygen atoms in total. The summed E-state index contributed by atoms with van der Waals surface area (Å²) in [6, 6.07) is 15.6. The fourth-order valence-corrected chi connectivity index (χ4v) is 5.31. The molecule has 2 aromatic carbocycles. The normalized spacial score (nSPS) is 21.1. The third-order valence-electron chi connectivity index (χ3n) is 6.84. The summed E-state index contributed by atoms with van der Waals surface area (Å²) in [5.74, 6) is -2.98. The van der Waals surface area contributed by atoms with Crippen molar-refractivity contribution in [2.45, 2.75) is 11.5 Å². The van der Waals surface area contributed by atoms with Gasteiger partial charge in [-0.3, -0.25) is 29.4 Å². The van der Waals surface area contributed by atoms with Gasteiger partial charge >= 0.3 is 5.88 Å². The van der Waals surface area contributed by atoms with Crippen LogP contribution in [0.25, 0.3) is 0 Å². The predicted octanol–water partition coefficient (Wildman–Crippen LogP) is 3.54. The maximum atomic E-state index is 13.8. The fourth-order valence-electron chi connectivity index (χ4n) is 5.31. The van der Waals surface area contributed by atoms with Gasteiger partial charge in [-0.2, -0.15) is 0 Å². The summed E-state index contributed by atoms with van der Waals surface area (Å²) in [4.78, 5) is 53.4. The molecule has 2 heterocycles. The largest absolute Gasteiger partial charge is 0.497 e. The molecule has 0 bridgehead atoms. The van der Waals surface area contributed by atoms with Gasteiger partial charge in [-0.1, -0.05) is 24.3 Å². The van der Waals surface area contributed by atoms with Crippen LogP contribution in [0.4, 0.5) is 5.88 Å². The Hall–Kier alpha value is -4.11. The van der Waals surface area contributed by atoms with Gasteiger partial charge in [-0.15, -0.1) is 0 Å². The lowest BCUT2D eigenvalue weighted by Gasteiger charge is -2.33. The van der Waals surface area contributed by atoms with Crippen molar-refractivity contribution in [2.75, 3.05) is 20.7 Å². The van der Waals surface area contributed by atoms with E-state index >= 15 is 0 Å². The Morgan fingerprint density at radius 3 is 2.21 bits per heavy atom. The first-order chi connectivity index (χ1) is 16.3. The van der Waals surface area contributed by atoms with Crippen LogP contribution in [0.1, 0.15) is 42.8 Å². The number of rotatable bonds is 5. The van der Waals surface area contributed by atoms with E-state index in [2.05, 4.69) is 0 Å². The summed E-state index contributed by atoms with van der Waals surface area (Å²) in [5, 5.41) is 11.3. The van der Waals surface area contributed by atoms with E-state index in [9.17, 15) is 24.5 Å². The number of methoxy groups -OCH3 is 1. The maximum Gasteiger partial charge on any atom is 0.433 e. The SMILES string of the molecule is COc1ccc(C(=O)[C@H]2CN(C)C3(C(=O)c4ccccc4C3=O)[C@@H]2c2ccc([N+](=O)[O-])o2)cc1. The molecule has 1 saturated heterocycles. The number of ketones is 3. The second kappa shape index (κ2) is 7.74. The maximum absolute atomic E-state index is 13.8. The van der Waals surface area contributed by atoms with E-state index in [4.69, 9.17) is 9.15 Å². The first-order valence-corrected chi connectivity index (χ1v) is 10.6. The minimum Gasteiger partial charge on any atom is -0.497 e. The lowest BCUT2D eigenvalue weighted by Crippen LogP contribution is -2.54. The molecule has 3 aromatic rings. The molecule has 0 amide bonds. The van der Waals surface area contributed by atoms with Crippen LogP contribution in [-0.2, 0) is 0 Å². The van der Waals surface area contributed by atoms with E-state index in [0.29, 0.717) is 11.3 Å². The highest BCUT2D eigenvalue weighted by Crippen LogP contribution is 2.53. The predicted molar refractivity (Wildman–Crippen MR) is 119 cm³/mol. The van der Waals surface area contributed by atoms with Crippen molar-refractivity contribution in [3.8, 4) is 5.75 Å². The number of nitrogens with zero attached hydrogens (tertiary/aromatic N) is 2. The van der Waals surface area contributed by atoms with Crippen LogP contribution in [0, 0.1) is 16.0 Å². The number of likely N-dealkylation sites (tertiary alicyclic amines) is 1. The molecule has 5 rings (SSSR count). The number of likely N-dealkylation sites (N-methyl/N-ethyl adjacent to an activating group) is 1. The van der Waals surface area contributed by atoms with Crippen molar-refractivity contribution in [1.29, 1.82) is 0 Å². The van der Waals surface area contributed by atoms with Crippen LogP contribution in [0.3, 0.4) is 0 Å². The van der Waals surface area contributed by atoms with Gasteiger partial charge in [0.2, 0.25) is 0 Å². The van der Waals surface area contributed by atoms with E-state index in [1.807, 2.05) is 0 Å². The van der Waals surface area contributed by atoms with Gasteiger partial charge in [0.05, 0.1) is 19.1 Å². The molecule has 34 heavy (non-hydrogen) atoms. The second-order valence-electron chi connectivity index (χ2n) is 8.46. The van der Waals surface area contributed by atoms with E-state index in [-0.39, 0.29) is 29.2 Å². The minimum atomic E-state index is -1.73. The van der Waals surface area contributed by atoms with Crippen LogP contribution in [0.5, 0.6) is 5.75 Å². The highest BCUT2D eigenvalue weighted by Gasteiger charge is 2.68. The lowest BCUT2D eigenvalue weighted by molar-refractivity contribution is -0.402. The highest BCUT2D eigenvalue weighted by molar-refractivity contribution is 6.34. The number of carbonyl (C=O) groups is 3. The fraction of sp³-hybridized carbons (Fsp3) is 0.240. The standard InChI is InChI=1S/C25H20N2O7/c1-26-13-18(22(28)14-7-9-15(33-2)10-8-14)21(19-11-12-20(34-19)27(31)32)25(26)23(29)16-5-3-4-6-17(16)24(25)30/h3-12,18,21H,13H2,1-2H3/t18-,21-/m0/s1. The van der Waals surface area contributed by atoms with Gasteiger partial charge in [0.15, 0.2) is 22.9 Å². The highest BCUT2D eigenvalue weighted by atomic mass is 16.6. The average molecular weight is 460 g/mol. The summed E-state index contributed by atoms with van der Waals surface area (Å²) < 4.78 is 10.7. The summed E-state index contributed by atoms with van der Waals surface area (Å²) in [7, 11) is 3.13. The van der Waals surface area contributed by atoms with E-state index in [0.717, 1.165) is 0 Å². The Balaban J connectivity index is 1.67. The number of fused-ring (bicyclic) bond motifs is 1. The van der Waals surface area contributed by atoms with Gasteiger partial charge in [0.25, 0.3) is 0 Å². The molecule has 0 radical (unpaired) electrons. The third-order valence-corrected chi connectivity index (χ3v) is 6.84. The number of hydrogen-bond acceptors (Lipinski definition) is 8. The molecule has 9 heteroatoms. The van der Waals surface area contributed by atoms with Gasteiger partial charge in [-0.25, -0.2) is 0 Å². The Bertz CT molecular complexity index is 1310. The zero-order valence-electron chi connectivity index (χ0n) is 18.4. The van der Waals surface area contributed by atoms with Gasteiger partial charge in [0.1, 0.15) is 16.4 Å². The third kappa shape index (κ3) is 2.87. The van der Waals surface area contributed by atoms with Gasteiger partial charge in [-0.05, 0) is 37.4 Å². The minimum absolute atomic E-state index is 0.0532. The number of furan rings is 1. The number of benzene rings is 2. The molecule has 2 atom stereocenters. The molecule has 1 fully saturated rings. The Morgan fingerprint density at radius 2 is 1.68 bits per heavy atom. The van der Waals surface area contributed by atoms with Crippen molar-refractivity contribution in [3.05, 3.63) is 93.2 Å². The summed E-state index contributed by atoms with van der Waals surface area (Å²) in [6.45, 7) is 0.0928. The molecule has 1 aliphatic heterocycles. The molecule has 1 spiro atoms. The molecule has 172 valence electrons. The van der Waals surface area contributed by atoms with Crippen LogP contribution in [0.2, 0.25) is 0 Å². The first-order valence-electron chi connectivity index (χ1n) is 10.6. The molecule has 0 saturated carbocycles. The van der Waals surface area contributed by atoms with Crippen LogP contribution in [0.15, 0.2) is 65.1 Å². The molecule has 2 aliphatic rings. The molecule has 1 aromatic heterocycles. The van der Waals surface area contributed by atoms with Crippen molar-refractivity contribution in [1.82, 2.24) is 4.90 Å². The average Bonchev–Trinajstić information content (AvgIpc) is 3.51. The van der Waals surface area contributed by atoms with Crippen LogP contribution < -0.4 is 4.74 Å². The molecular formula is C25H20N2O7. The molecule has 1 aliphatic carbocycles. The summed E-state index contributed by atoms with van der Waals surface area (Å²) >= 11 is 0. The first kappa shape index (κ1) is 21.7. The zero-order valence-corrected chi connectivity index (χ0v) is 18.4. The van der Waals surface area contributed by atoms with Crippen molar-refractivity contribution >= 4 is 23.2 Å².